The van der Waals surface area contributed by atoms with Crippen LogP contribution in [0.1, 0.15) is 31.9 Å². The second-order valence-corrected chi connectivity index (χ2v) is 10.4. The van der Waals surface area contributed by atoms with Gasteiger partial charge in [-0.3, -0.25) is 9.30 Å². The van der Waals surface area contributed by atoms with E-state index in [-0.39, 0.29) is 37.5 Å². The fourth-order valence-corrected chi connectivity index (χ4v) is 4.84. The van der Waals surface area contributed by atoms with Crippen LogP contribution in [0.15, 0.2) is 48.7 Å². The highest BCUT2D eigenvalue weighted by molar-refractivity contribution is 5.86. The van der Waals surface area contributed by atoms with Crippen LogP contribution >= 0.6 is 0 Å². The van der Waals surface area contributed by atoms with Crippen LogP contribution in [0.5, 0.6) is 5.75 Å². The van der Waals surface area contributed by atoms with Crippen molar-refractivity contribution in [1.29, 1.82) is 0 Å². The monoisotopic (exact) mass is 558 g/mol. The van der Waals surface area contributed by atoms with E-state index in [1.54, 1.807) is 19.2 Å². The molecule has 10 nitrogen and oxygen atoms in total. The Morgan fingerprint density at radius 1 is 1.18 bits per heavy atom. The summed E-state index contributed by atoms with van der Waals surface area (Å²) in [6.45, 7) is 4.12. The van der Waals surface area contributed by atoms with Crippen LogP contribution < -0.4 is 10.1 Å². The first-order valence-electron chi connectivity index (χ1n) is 12.7. The standard InChI is InChI=1S/C27H29F3N6O4/c1-26(2,39-3)15-40-20-6-4-5-16-7-9-19(32-22(16)20)24-34-33-21-10-8-17(13-36(21)24)23(27(28,29)30)35-12-11-18(14-35)31-25(37)38/h4-10,13,18,23,31H,11-12,14-15H2,1-3H3,(H,37,38)/t18?,23-/m1/s1. The van der Waals surface area contributed by atoms with Crippen LogP contribution in [-0.4, -0.2) is 80.3 Å². The normalized spacial score (nSPS) is 17.4. The average Bonchev–Trinajstić information content (AvgIpc) is 3.53. The highest BCUT2D eigenvalue weighted by Gasteiger charge is 2.47. The fourth-order valence-electron chi connectivity index (χ4n) is 4.84. The molecule has 0 bridgehead atoms. The summed E-state index contributed by atoms with van der Waals surface area (Å²) in [6.07, 6.45) is -4.20. The number of benzene rings is 1. The van der Waals surface area contributed by atoms with E-state index in [4.69, 9.17) is 19.6 Å². The molecule has 2 N–H and O–H groups in total. The Hall–Kier alpha value is -3.97. The van der Waals surface area contributed by atoms with Gasteiger partial charge in [0, 0.05) is 37.8 Å². The third-order valence-electron chi connectivity index (χ3n) is 7.00. The molecule has 1 amide bonds. The van der Waals surface area contributed by atoms with Crippen molar-refractivity contribution < 1.29 is 32.5 Å². The largest absolute Gasteiger partial charge is 0.488 e. The zero-order valence-electron chi connectivity index (χ0n) is 22.1. The summed E-state index contributed by atoms with van der Waals surface area (Å²) in [4.78, 5) is 17.0. The van der Waals surface area contributed by atoms with E-state index in [1.807, 2.05) is 32.0 Å². The maximum absolute atomic E-state index is 14.3. The predicted molar refractivity (Wildman–Crippen MR) is 140 cm³/mol. The molecule has 1 unspecified atom stereocenters. The molecule has 0 saturated carbocycles. The molecule has 13 heteroatoms. The molecule has 0 spiro atoms. The van der Waals surface area contributed by atoms with Gasteiger partial charge in [0.05, 0.1) is 5.60 Å². The van der Waals surface area contributed by atoms with E-state index in [0.717, 1.165) is 5.39 Å². The molecule has 3 aromatic heterocycles. The van der Waals surface area contributed by atoms with Crippen molar-refractivity contribution >= 4 is 22.6 Å². The Morgan fingerprint density at radius 3 is 2.70 bits per heavy atom. The lowest BCUT2D eigenvalue weighted by molar-refractivity contribution is -0.184. The molecule has 0 aliphatic carbocycles. The summed E-state index contributed by atoms with van der Waals surface area (Å²) in [6, 6.07) is 9.46. The molecule has 1 saturated heterocycles. The van der Waals surface area contributed by atoms with Crippen molar-refractivity contribution in [2.75, 3.05) is 26.8 Å². The topological polar surface area (TPSA) is 114 Å². The molecule has 4 aromatic rings. The van der Waals surface area contributed by atoms with Crippen LogP contribution in [0.2, 0.25) is 0 Å². The van der Waals surface area contributed by atoms with Gasteiger partial charge in [0.1, 0.15) is 29.6 Å². The number of aromatic nitrogens is 4. The van der Waals surface area contributed by atoms with Crippen molar-refractivity contribution in [3.05, 3.63) is 54.2 Å². The highest BCUT2D eigenvalue weighted by Crippen LogP contribution is 2.40. The van der Waals surface area contributed by atoms with Gasteiger partial charge in [-0.05, 0) is 44.0 Å². The van der Waals surface area contributed by atoms with E-state index in [1.165, 1.54) is 27.6 Å². The number of carbonyl (C=O) groups is 1. The Balaban J connectivity index is 1.51. The number of halogens is 3. The molecule has 1 aliphatic rings. The van der Waals surface area contributed by atoms with Gasteiger partial charge in [-0.25, -0.2) is 9.78 Å². The molecular formula is C27H29F3N6O4. The minimum atomic E-state index is -4.59. The number of amides is 1. The second-order valence-electron chi connectivity index (χ2n) is 10.4. The number of hydrogen-bond donors (Lipinski definition) is 2. The van der Waals surface area contributed by atoms with Crippen LogP contribution in [0.4, 0.5) is 18.0 Å². The molecule has 212 valence electrons. The Bertz CT molecular complexity index is 1540. The van der Waals surface area contributed by atoms with Crippen molar-refractivity contribution in [3.8, 4) is 17.3 Å². The first-order chi connectivity index (χ1) is 18.9. The van der Waals surface area contributed by atoms with E-state index >= 15 is 0 Å². The van der Waals surface area contributed by atoms with E-state index in [0.29, 0.717) is 22.6 Å². The molecule has 1 aromatic carbocycles. The summed E-state index contributed by atoms with van der Waals surface area (Å²) in [5.74, 6) is 0.813. The lowest BCUT2D eigenvalue weighted by Gasteiger charge is -2.30. The molecule has 5 rings (SSSR count). The van der Waals surface area contributed by atoms with Crippen molar-refractivity contribution in [3.63, 3.8) is 0 Å². The summed E-state index contributed by atoms with van der Waals surface area (Å²) >= 11 is 0. The van der Waals surface area contributed by atoms with Crippen molar-refractivity contribution in [2.45, 2.75) is 44.1 Å². The number of carboxylic acid groups (broad SMARTS) is 1. The van der Waals surface area contributed by atoms with Crippen LogP contribution in [0, 0.1) is 0 Å². The number of pyridine rings is 2. The smallest absolute Gasteiger partial charge is 0.408 e. The van der Waals surface area contributed by atoms with Gasteiger partial charge in [0.2, 0.25) is 0 Å². The number of nitrogens with zero attached hydrogens (tertiary/aromatic N) is 5. The molecule has 1 fully saturated rings. The third kappa shape index (κ3) is 5.65. The highest BCUT2D eigenvalue weighted by atomic mass is 19.4. The van der Waals surface area contributed by atoms with Gasteiger partial charge >= 0.3 is 12.3 Å². The lowest BCUT2D eigenvalue weighted by Crippen LogP contribution is -2.40. The number of methoxy groups -OCH3 is 1. The van der Waals surface area contributed by atoms with Crippen molar-refractivity contribution in [1.82, 2.24) is 29.8 Å². The van der Waals surface area contributed by atoms with E-state index < -0.39 is 30.0 Å². The number of rotatable bonds is 8. The third-order valence-corrected chi connectivity index (χ3v) is 7.00. The van der Waals surface area contributed by atoms with Crippen molar-refractivity contribution in [2.24, 2.45) is 0 Å². The maximum atomic E-state index is 14.3. The van der Waals surface area contributed by atoms with Gasteiger partial charge in [-0.15, -0.1) is 10.2 Å². The molecule has 0 radical (unpaired) electrons. The van der Waals surface area contributed by atoms with Gasteiger partial charge in [0.25, 0.3) is 0 Å². The summed E-state index contributed by atoms with van der Waals surface area (Å²) in [5, 5.41) is 20.4. The van der Waals surface area contributed by atoms with Gasteiger partial charge < -0.3 is 19.9 Å². The Kier molecular flexibility index (Phi) is 7.27. The first kappa shape index (κ1) is 27.6. The Morgan fingerprint density at radius 2 is 1.98 bits per heavy atom. The predicted octanol–water partition coefficient (Wildman–Crippen LogP) is 4.69. The first-order valence-corrected chi connectivity index (χ1v) is 12.7. The zero-order chi connectivity index (χ0) is 28.7. The summed E-state index contributed by atoms with van der Waals surface area (Å²) in [7, 11) is 1.60. The van der Waals surface area contributed by atoms with Gasteiger partial charge in [0.15, 0.2) is 11.5 Å². The van der Waals surface area contributed by atoms with Gasteiger partial charge in [-0.2, -0.15) is 13.2 Å². The number of likely N-dealkylation sites (tertiary alicyclic amines) is 1. The average molecular weight is 559 g/mol. The summed E-state index contributed by atoms with van der Waals surface area (Å²) < 4.78 is 56.0. The van der Waals surface area contributed by atoms with Crippen LogP contribution in [-0.2, 0) is 4.74 Å². The fraction of sp³-hybridized carbons (Fsp3) is 0.407. The molecule has 1 aliphatic heterocycles. The number of ether oxygens (including phenoxy) is 2. The number of nitrogens with one attached hydrogen (secondary N) is 1. The van der Waals surface area contributed by atoms with E-state index in [9.17, 15) is 18.0 Å². The molecule has 2 atom stereocenters. The number of fused-ring (bicyclic) bond motifs is 2. The molecular weight excluding hydrogens is 529 g/mol. The van der Waals surface area contributed by atoms with Crippen LogP contribution in [0.25, 0.3) is 28.1 Å². The zero-order valence-corrected chi connectivity index (χ0v) is 22.1. The van der Waals surface area contributed by atoms with Gasteiger partial charge in [-0.1, -0.05) is 24.3 Å². The quantitative estimate of drug-likeness (QED) is 0.320. The minimum absolute atomic E-state index is 0.0105. The SMILES string of the molecule is COC(C)(C)COc1cccc2ccc(-c3nnc4ccc([C@@H](N5CCC(NC(=O)O)C5)C(F)(F)F)cn34)nc12. The molecule has 4 heterocycles. The minimum Gasteiger partial charge on any atom is -0.488 e. The maximum Gasteiger partial charge on any atom is 0.408 e. The van der Waals surface area contributed by atoms with Crippen LogP contribution in [0.3, 0.4) is 0 Å². The summed E-state index contributed by atoms with van der Waals surface area (Å²) in [5.41, 5.74) is 0.813. The van der Waals surface area contributed by atoms with E-state index in [2.05, 4.69) is 15.5 Å². The lowest BCUT2D eigenvalue weighted by atomic mass is 10.1. The Labute approximate surface area is 227 Å². The second kappa shape index (κ2) is 10.5. The molecule has 40 heavy (non-hydrogen) atoms. The number of para-hydroxylation sites is 1. The number of alkyl halides is 3. The number of hydrogen-bond acceptors (Lipinski definition) is 7.